The number of nitrogens with zero attached hydrogens (tertiary/aromatic N) is 1. The molecule has 1 rings (SSSR count). The van der Waals surface area contributed by atoms with Crippen LogP contribution in [0.5, 0.6) is 5.75 Å². The summed E-state index contributed by atoms with van der Waals surface area (Å²) in [4.78, 5) is 14.2. The number of rotatable bonds is 4. The third-order valence-electron chi connectivity index (χ3n) is 2.44. The van der Waals surface area contributed by atoms with Crippen LogP contribution in [0, 0.1) is 0 Å². The lowest BCUT2D eigenvalue weighted by molar-refractivity contribution is -0.275. The number of carbonyl (C=O) groups excluding carboxylic acids is 1. The van der Waals surface area contributed by atoms with Gasteiger partial charge in [0.05, 0.1) is 19.7 Å². The summed E-state index contributed by atoms with van der Waals surface area (Å²) in [6, 6.07) is 0. The number of methoxy groups -OCH3 is 1. The first-order valence-electron chi connectivity index (χ1n) is 5.46. The molecule has 11 heteroatoms. The number of hydrogen-bond acceptors (Lipinski definition) is 4. The van der Waals surface area contributed by atoms with Crippen molar-refractivity contribution in [2.24, 2.45) is 0 Å². The van der Waals surface area contributed by atoms with E-state index in [1.807, 2.05) is 0 Å². The number of pyridine rings is 1. The van der Waals surface area contributed by atoms with Crippen molar-refractivity contribution >= 4 is 21.9 Å². The lowest BCUT2D eigenvalue weighted by Crippen LogP contribution is -2.22. The molecule has 0 radical (unpaired) electrons. The molecule has 1 aromatic rings. The van der Waals surface area contributed by atoms with Crippen molar-refractivity contribution in [2.45, 2.75) is 24.3 Å². The smallest absolute Gasteiger partial charge is 0.469 e. The second-order valence-electron chi connectivity index (χ2n) is 3.86. The standard InChI is InChI=1S/C11H8BrF6NO3/c1-21-8(20)2-5-6(3-12)7(22-11(16,17)18)4-19-9(5)10(13,14)15/h4H,2-3H2,1H3. The summed E-state index contributed by atoms with van der Waals surface area (Å²) in [6.45, 7) is 0. The molecule has 22 heavy (non-hydrogen) atoms. The molecule has 124 valence electrons. The van der Waals surface area contributed by atoms with Crippen LogP contribution in [0.15, 0.2) is 6.20 Å². The molecular weight excluding hydrogens is 388 g/mol. The van der Waals surface area contributed by atoms with E-state index in [1.165, 1.54) is 0 Å². The molecule has 0 atom stereocenters. The molecule has 1 aromatic heterocycles. The minimum Gasteiger partial charge on any atom is -0.469 e. The Labute approximate surface area is 128 Å². The highest BCUT2D eigenvalue weighted by Crippen LogP contribution is 2.37. The zero-order chi connectivity index (χ0) is 17.1. The van der Waals surface area contributed by atoms with Gasteiger partial charge in [-0.05, 0) is 0 Å². The fraction of sp³-hybridized carbons (Fsp3) is 0.455. The van der Waals surface area contributed by atoms with E-state index in [0.717, 1.165) is 7.11 Å². The van der Waals surface area contributed by atoms with Gasteiger partial charge in [0, 0.05) is 16.5 Å². The SMILES string of the molecule is COC(=O)Cc1c(C(F)(F)F)ncc(OC(F)(F)F)c1CBr. The molecule has 0 aliphatic rings. The van der Waals surface area contributed by atoms with Crippen molar-refractivity contribution in [1.82, 2.24) is 4.98 Å². The Kier molecular flexibility index (Phi) is 5.65. The number of alkyl halides is 7. The van der Waals surface area contributed by atoms with Crippen molar-refractivity contribution in [3.05, 3.63) is 23.0 Å². The maximum atomic E-state index is 12.9. The van der Waals surface area contributed by atoms with E-state index in [9.17, 15) is 31.1 Å². The molecule has 0 amide bonds. The van der Waals surface area contributed by atoms with Crippen molar-refractivity contribution < 1.29 is 40.6 Å². The molecular formula is C11H8BrF6NO3. The average molecular weight is 396 g/mol. The molecule has 0 unspecified atom stereocenters. The van der Waals surface area contributed by atoms with Gasteiger partial charge < -0.3 is 9.47 Å². The average Bonchev–Trinajstić information content (AvgIpc) is 2.35. The summed E-state index contributed by atoms with van der Waals surface area (Å²) < 4.78 is 83.4. The number of hydrogen-bond donors (Lipinski definition) is 0. The second-order valence-corrected chi connectivity index (χ2v) is 4.42. The zero-order valence-corrected chi connectivity index (χ0v) is 12.4. The van der Waals surface area contributed by atoms with Crippen LogP contribution in [-0.4, -0.2) is 24.4 Å². The second kappa shape index (κ2) is 6.71. The maximum absolute atomic E-state index is 12.9. The molecule has 0 aliphatic carbocycles. The molecule has 4 nitrogen and oxygen atoms in total. The minimum absolute atomic E-state index is 0.313. The first-order valence-corrected chi connectivity index (χ1v) is 6.58. The van der Waals surface area contributed by atoms with Crippen LogP contribution < -0.4 is 4.74 Å². The van der Waals surface area contributed by atoms with Gasteiger partial charge in [-0.1, -0.05) is 15.9 Å². The highest BCUT2D eigenvalue weighted by Gasteiger charge is 2.39. The number of ether oxygens (including phenoxy) is 2. The van der Waals surface area contributed by atoms with Crippen LogP contribution in [0.2, 0.25) is 0 Å². The minimum atomic E-state index is -5.11. The Bertz CT molecular complexity index is 558. The third kappa shape index (κ3) is 4.75. The van der Waals surface area contributed by atoms with Gasteiger partial charge in [-0.25, -0.2) is 4.98 Å². The molecule has 0 saturated heterocycles. The number of esters is 1. The first-order chi connectivity index (χ1) is 9.99. The van der Waals surface area contributed by atoms with Gasteiger partial charge in [0.15, 0.2) is 5.75 Å². The Morgan fingerprint density at radius 3 is 2.23 bits per heavy atom. The molecule has 0 fully saturated rings. The van der Waals surface area contributed by atoms with Gasteiger partial charge >= 0.3 is 18.5 Å². The summed E-state index contributed by atoms with van der Waals surface area (Å²) in [5, 5.41) is -0.406. The summed E-state index contributed by atoms with van der Waals surface area (Å²) in [5.74, 6) is -1.98. The summed E-state index contributed by atoms with van der Waals surface area (Å²) in [5.41, 5.74) is -2.69. The Hall–Kier alpha value is -1.52. The lowest BCUT2D eigenvalue weighted by atomic mass is 10.0. The van der Waals surface area contributed by atoms with E-state index in [4.69, 9.17) is 0 Å². The molecule has 0 saturated carbocycles. The summed E-state index contributed by atoms with van der Waals surface area (Å²) >= 11 is 2.78. The maximum Gasteiger partial charge on any atom is 0.573 e. The van der Waals surface area contributed by atoms with Crippen molar-refractivity contribution in [3.8, 4) is 5.75 Å². The Morgan fingerprint density at radius 1 is 1.23 bits per heavy atom. The van der Waals surface area contributed by atoms with Gasteiger partial charge in [-0.15, -0.1) is 13.2 Å². The fourth-order valence-corrected chi connectivity index (χ4v) is 2.20. The Morgan fingerprint density at radius 2 is 1.82 bits per heavy atom. The van der Waals surface area contributed by atoms with Gasteiger partial charge in [-0.3, -0.25) is 4.79 Å². The van der Waals surface area contributed by atoms with Gasteiger partial charge in [-0.2, -0.15) is 13.2 Å². The van der Waals surface area contributed by atoms with E-state index in [0.29, 0.717) is 6.20 Å². The molecule has 0 bridgehead atoms. The summed E-state index contributed by atoms with van der Waals surface area (Å²) in [7, 11) is 0.937. The lowest BCUT2D eigenvalue weighted by Gasteiger charge is -2.18. The monoisotopic (exact) mass is 395 g/mol. The largest absolute Gasteiger partial charge is 0.573 e. The number of carbonyl (C=O) groups is 1. The van der Waals surface area contributed by atoms with E-state index in [2.05, 4.69) is 30.4 Å². The van der Waals surface area contributed by atoms with Crippen LogP contribution in [0.25, 0.3) is 0 Å². The molecule has 0 aliphatic heterocycles. The van der Waals surface area contributed by atoms with E-state index in [1.54, 1.807) is 0 Å². The topological polar surface area (TPSA) is 48.4 Å². The number of halogens is 7. The predicted octanol–water partition coefficient (Wildman–Crippen LogP) is 3.61. The van der Waals surface area contributed by atoms with Crippen LogP contribution in [0.3, 0.4) is 0 Å². The molecule has 0 aromatic carbocycles. The predicted molar refractivity (Wildman–Crippen MR) is 64.3 cm³/mol. The normalized spacial score (nSPS) is 12.2. The van der Waals surface area contributed by atoms with E-state index in [-0.39, 0.29) is 0 Å². The van der Waals surface area contributed by atoms with E-state index < -0.39 is 52.8 Å². The van der Waals surface area contributed by atoms with Crippen LogP contribution in [-0.2, 0) is 27.5 Å². The quantitative estimate of drug-likeness (QED) is 0.444. The van der Waals surface area contributed by atoms with Crippen molar-refractivity contribution in [1.29, 1.82) is 0 Å². The van der Waals surface area contributed by atoms with Gasteiger partial charge in [0.2, 0.25) is 0 Å². The molecule has 0 N–H and O–H groups in total. The fourth-order valence-electron chi connectivity index (χ4n) is 1.58. The van der Waals surface area contributed by atoms with Gasteiger partial charge in [0.25, 0.3) is 0 Å². The van der Waals surface area contributed by atoms with Crippen LogP contribution in [0.1, 0.15) is 16.8 Å². The van der Waals surface area contributed by atoms with Crippen LogP contribution in [0.4, 0.5) is 26.3 Å². The molecule has 1 heterocycles. The van der Waals surface area contributed by atoms with Crippen molar-refractivity contribution in [2.75, 3.05) is 7.11 Å². The highest BCUT2D eigenvalue weighted by atomic mass is 79.9. The highest BCUT2D eigenvalue weighted by molar-refractivity contribution is 9.08. The third-order valence-corrected chi connectivity index (χ3v) is 3.00. The molecule has 0 spiro atoms. The first kappa shape index (κ1) is 18.5. The number of aromatic nitrogens is 1. The Balaban J connectivity index is 3.48. The van der Waals surface area contributed by atoms with Crippen LogP contribution >= 0.6 is 15.9 Å². The summed E-state index contributed by atoms with van der Waals surface area (Å²) in [6.07, 6.45) is -10.6. The van der Waals surface area contributed by atoms with Gasteiger partial charge in [0.1, 0.15) is 5.69 Å². The van der Waals surface area contributed by atoms with E-state index >= 15 is 0 Å². The van der Waals surface area contributed by atoms with Crippen molar-refractivity contribution in [3.63, 3.8) is 0 Å². The zero-order valence-electron chi connectivity index (χ0n) is 10.8.